The van der Waals surface area contributed by atoms with Gasteiger partial charge in [0.25, 0.3) is 5.56 Å². The molecular formula is C21H24N6O4. The number of ether oxygens (including phenoxy) is 2. The lowest BCUT2D eigenvalue weighted by Crippen LogP contribution is -2.46. The van der Waals surface area contributed by atoms with Crippen molar-refractivity contribution in [3.8, 4) is 23.0 Å². The van der Waals surface area contributed by atoms with E-state index in [4.69, 9.17) is 9.47 Å². The zero-order valence-electron chi connectivity index (χ0n) is 17.3. The molecule has 3 heterocycles. The predicted molar refractivity (Wildman–Crippen MR) is 116 cm³/mol. The molecule has 0 spiro atoms. The SMILES string of the molecule is COc1cc(OC)c2c(=O)[nH]c(-c3ncccc3NC3CCN(NC=O)CC3)nc2c1. The van der Waals surface area contributed by atoms with Crippen molar-refractivity contribution < 1.29 is 14.3 Å². The first kappa shape index (κ1) is 20.6. The second-order valence-corrected chi connectivity index (χ2v) is 7.19. The van der Waals surface area contributed by atoms with E-state index < -0.39 is 0 Å². The number of aromatic amines is 1. The van der Waals surface area contributed by atoms with Crippen LogP contribution in [0.5, 0.6) is 11.5 Å². The molecular weight excluding hydrogens is 400 g/mol. The highest BCUT2D eigenvalue weighted by Crippen LogP contribution is 2.30. The number of hydrogen-bond acceptors (Lipinski definition) is 8. The number of fused-ring (bicyclic) bond motifs is 1. The summed E-state index contributed by atoms with van der Waals surface area (Å²) < 4.78 is 10.7. The average molecular weight is 424 g/mol. The second-order valence-electron chi connectivity index (χ2n) is 7.19. The van der Waals surface area contributed by atoms with Crippen LogP contribution in [-0.2, 0) is 4.79 Å². The Kier molecular flexibility index (Phi) is 5.99. The summed E-state index contributed by atoms with van der Waals surface area (Å²) >= 11 is 0. The van der Waals surface area contributed by atoms with Gasteiger partial charge in [-0.3, -0.25) is 20.0 Å². The minimum Gasteiger partial charge on any atom is -0.497 e. The number of anilines is 1. The molecule has 1 aromatic carbocycles. The second kappa shape index (κ2) is 9.00. The first-order valence-electron chi connectivity index (χ1n) is 9.95. The van der Waals surface area contributed by atoms with Crippen molar-refractivity contribution in [1.29, 1.82) is 0 Å². The maximum Gasteiger partial charge on any atom is 0.262 e. The van der Waals surface area contributed by atoms with Crippen LogP contribution in [0.25, 0.3) is 22.4 Å². The van der Waals surface area contributed by atoms with Gasteiger partial charge in [-0.15, -0.1) is 0 Å². The first-order valence-corrected chi connectivity index (χ1v) is 9.95. The van der Waals surface area contributed by atoms with Crippen molar-refractivity contribution in [2.75, 3.05) is 32.6 Å². The Balaban J connectivity index is 1.67. The number of aromatic nitrogens is 3. The number of carbonyl (C=O) groups is 1. The molecule has 0 radical (unpaired) electrons. The van der Waals surface area contributed by atoms with E-state index in [2.05, 4.69) is 25.7 Å². The molecule has 31 heavy (non-hydrogen) atoms. The van der Waals surface area contributed by atoms with E-state index in [1.165, 1.54) is 7.11 Å². The number of rotatable bonds is 7. The number of piperidine rings is 1. The first-order chi connectivity index (χ1) is 15.1. The van der Waals surface area contributed by atoms with Gasteiger partial charge in [0, 0.05) is 37.5 Å². The number of nitrogens with zero attached hydrogens (tertiary/aromatic N) is 3. The zero-order chi connectivity index (χ0) is 21.8. The Morgan fingerprint density at radius 3 is 2.74 bits per heavy atom. The van der Waals surface area contributed by atoms with Gasteiger partial charge >= 0.3 is 0 Å². The highest BCUT2D eigenvalue weighted by molar-refractivity contribution is 5.87. The number of hydrazine groups is 1. The van der Waals surface area contributed by atoms with Crippen LogP contribution in [0.3, 0.4) is 0 Å². The topological polar surface area (TPSA) is 121 Å². The van der Waals surface area contributed by atoms with Crippen LogP contribution in [0.15, 0.2) is 35.3 Å². The molecule has 0 unspecified atom stereocenters. The summed E-state index contributed by atoms with van der Waals surface area (Å²) in [4.78, 5) is 35.4. The molecule has 10 nitrogen and oxygen atoms in total. The maximum atomic E-state index is 12.8. The van der Waals surface area contributed by atoms with Gasteiger partial charge in [0.1, 0.15) is 22.6 Å². The van der Waals surface area contributed by atoms with E-state index in [1.54, 1.807) is 25.4 Å². The number of hydrogen-bond donors (Lipinski definition) is 3. The lowest BCUT2D eigenvalue weighted by atomic mass is 10.1. The third kappa shape index (κ3) is 4.29. The van der Waals surface area contributed by atoms with Crippen LogP contribution in [0.4, 0.5) is 5.69 Å². The molecule has 3 N–H and O–H groups in total. The highest BCUT2D eigenvalue weighted by atomic mass is 16.5. The van der Waals surface area contributed by atoms with Gasteiger partial charge in [0.2, 0.25) is 6.41 Å². The van der Waals surface area contributed by atoms with E-state index >= 15 is 0 Å². The third-order valence-corrected chi connectivity index (χ3v) is 5.32. The van der Waals surface area contributed by atoms with Gasteiger partial charge in [-0.25, -0.2) is 9.99 Å². The molecule has 1 saturated heterocycles. The molecule has 0 atom stereocenters. The molecule has 1 fully saturated rings. The molecule has 1 amide bonds. The number of amides is 1. The number of pyridine rings is 1. The molecule has 2 aromatic heterocycles. The van der Waals surface area contributed by atoms with Crippen LogP contribution in [-0.4, -0.2) is 59.7 Å². The normalized spacial score (nSPS) is 14.9. The van der Waals surface area contributed by atoms with Crippen molar-refractivity contribution in [3.05, 3.63) is 40.8 Å². The zero-order valence-corrected chi connectivity index (χ0v) is 17.3. The summed E-state index contributed by atoms with van der Waals surface area (Å²) in [7, 11) is 3.05. The molecule has 0 saturated carbocycles. The summed E-state index contributed by atoms with van der Waals surface area (Å²) in [6, 6.07) is 7.30. The molecule has 10 heteroatoms. The minimum absolute atomic E-state index is 0.208. The summed E-state index contributed by atoms with van der Waals surface area (Å²) in [6.07, 6.45) is 4.06. The Labute approximate surface area is 178 Å². The molecule has 0 aliphatic carbocycles. The van der Waals surface area contributed by atoms with Gasteiger partial charge in [0.05, 0.1) is 25.4 Å². The number of nitrogens with one attached hydrogen (secondary N) is 3. The van der Waals surface area contributed by atoms with Crippen LogP contribution in [0.2, 0.25) is 0 Å². The summed E-state index contributed by atoms with van der Waals surface area (Å²) in [5, 5.41) is 5.75. The molecule has 3 aromatic rings. The Morgan fingerprint density at radius 2 is 2.03 bits per heavy atom. The average Bonchev–Trinajstić information content (AvgIpc) is 2.80. The van der Waals surface area contributed by atoms with Gasteiger partial charge in [-0.2, -0.15) is 0 Å². The van der Waals surface area contributed by atoms with Gasteiger partial charge in [-0.05, 0) is 25.0 Å². The fraction of sp³-hybridized carbons (Fsp3) is 0.333. The van der Waals surface area contributed by atoms with Crippen LogP contribution >= 0.6 is 0 Å². The van der Waals surface area contributed by atoms with E-state index in [0.29, 0.717) is 40.3 Å². The maximum absolute atomic E-state index is 12.8. The fourth-order valence-corrected chi connectivity index (χ4v) is 3.76. The Morgan fingerprint density at radius 1 is 1.23 bits per heavy atom. The van der Waals surface area contributed by atoms with E-state index in [-0.39, 0.29) is 11.6 Å². The molecule has 0 bridgehead atoms. The van der Waals surface area contributed by atoms with E-state index in [9.17, 15) is 9.59 Å². The highest BCUT2D eigenvalue weighted by Gasteiger charge is 2.21. The molecule has 1 aliphatic heterocycles. The van der Waals surface area contributed by atoms with Crippen LogP contribution in [0, 0.1) is 0 Å². The van der Waals surface area contributed by atoms with Crippen LogP contribution in [0.1, 0.15) is 12.8 Å². The van der Waals surface area contributed by atoms with Crippen LogP contribution < -0.4 is 25.8 Å². The number of H-pyrrole nitrogens is 1. The molecule has 1 aliphatic rings. The quantitative estimate of drug-likeness (QED) is 0.489. The molecule has 162 valence electrons. The van der Waals surface area contributed by atoms with Gasteiger partial charge < -0.3 is 19.8 Å². The number of methoxy groups -OCH3 is 2. The summed E-state index contributed by atoms with van der Waals surface area (Å²) in [5.74, 6) is 1.30. The Hall–Kier alpha value is -3.66. The smallest absolute Gasteiger partial charge is 0.262 e. The Bertz CT molecular complexity index is 1140. The largest absolute Gasteiger partial charge is 0.497 e. The fourth-order valence-electron chi connectivity index (χ4n) is 3.76. The van der Waals surface area contributed by atoms with Crippen molar-refractivity contribution in [3.63, 3.8) is 0 Å². The van der Waals surface area contributed by atoms with Gasteiger partial charge in [-0.1, -0.05) is 0 Å². The monoisotopic (exact) mass is 424 g/mol. The minimum atomic E-state index is -0.315. The summed E-state index contributed by atoms with van der Waals surface area (Å²) in [5.41, 5.74) is 4.17. The summed E-state index contributed by atoms with van der Waals surface area (Å²) in [6.45, 7) is 1.49. The van der Waals surface area contributed by atoms with E-state index in [1.807, 2.05) is 17.1 Å². The van der Waals surface area contributed by atoms with Crippen molar-refractivity contribution in [2.24, 2.45) is 0 Å². The van der Waals surface area contributed by atoms with Gasteiger partial charge in [0.15, 0.2) is 5.82 Å². The van der Waals surface area contributed by atoms with Crippen molar-refractivity contribution in [1.82, 2.24) is 25.4 Å². The van der Waals surface area contributed by atoms with Crippen molar-refractivity contribution in [2.45, 2.75) is 18.9 Å². The number of benzene rings is 1. The standard InChI is InChI=1S/C21H24N6O4/c1-30-14-10-16-18(17(11-14)31-2)21(29)26-20(25-16)19-15(4-3-7-22-19)24-13-5-8-27(9-6-13)23-12-28/h3-4,7,10-13,24H,5-6,8-9H2,1-2H3,(H,23,28)(H,25,26,29). The molecule has 4 rings (SSSR count). The lowest BCUT2D eigenvalue weighted by Gasteiger charge is -2.32. The van der Waals surface area contributed by atoms with Crippen molar-refractivity contribution >= 4 is 23.0 Å². The third-order valence-electron chi connectivity index (χ3n) is 5.32. The number of carbonyl (C=O) groups excluding carboxylic acids is 1. The lowest BCUT2D eigenvalue weighted by molar-refractivity contribution is -0.114. The van der Waals surface area contributed by atoms with E-state index in [0.717, 1.165) is 31.6 Å². The predicted octanol–water partition coefficient (Wildman–Crippen LogP) is 1.54.